The van der Waals surface area contributed by atoms with E-state index in [2.05, 4.69) is 4.98 Å². The summed E-state index contributed by atoms with van der Waals surface area (Å²) in [4.78, 5) is 18.2. The third-order valence-corrected chi connectivity index (χ3v) is 5.69. The van der Waals surface area contributed by atoms with Crippen LogP contribution in [-0.2, 0) is 21.4 Å². The van der Waals surface area contributed by atoms with Crippen LogP contribution in [0.1, 0.15) is 12.0 Å². The van der Waals surface area contributed by atoms with Crippen molar-refractivity contribution in [3.05, 3.63) is 60.4 Å². The second-order valence-electron chi connectivity index (χ2n) is 5.89. The molecule has 0 aliphatic carbocycles. The lowest BCUT2D eigenvalue weighted by Crippen LogP contribution is -2.41. The molecule has 0 spiro atoms. The first-order chi connectivity index (χ1) is 12.4. The van der Waals surface area contributed by atoms with E-state index in [0.717, 1.165) is 9.87 Å². The summed E-state index contributed by atoms with van der Waals surface area (Å²) in [5.41, 5.74) is 6.55. The summed E-state index contributed by atoms with van der Waals surface area (Å²) in [6.45, 7) is 1.11. The van der Waals surface area contributed by atoms with Gasteiger partial charge in [-0.25, -0.2) is 8.42 Å². The number of amides is 1. The summed E-state index contributed by atoms with van der Waals surface area (Å²) in [6, 6.07) is 12.6. The van der Waals surface area contributed by atoms with Crippen LogP contribution in [0.4, 0.5) is 0 Å². The Morgan fingerprint density at radius 2 is 1.79 bits per heavy atom. The van der Waals surface area contributed by atoms with Gasteiger partial charge in [-0.2, -0.15) is 4.31 Å². The zero-order valence-corrected chi connectivity index (χ0v) is 18.0. The summed E-state index contributed by atoms with van der Waals surface area (Å²) < 4.78 is 26.2. The number of nitrogens with two attached hydrogens (primary N) is 1. The van der Waals surface area contributed by atoms with E-state index in [1.54, 1.807) is 11.0 Å². The SMILES string of the molecule is CN(CC(=O)N(CCCN)Cc1ccccc1)S(=O)(=O)c1cccnc1.Cl.Cl. The van der Waals surface area contributed by atoms with Gasteiger partial charge in [-0.3, -0.25) is 9.78 Å². The molecule has 0 aliphatic heterocycles. The molecule has 28 heavy (non-hydrogen) atoms. The molecule has 1 aromatic carbocycles. The number of pyridine rings is 1. The monoisotopic (exact) mass is 448 g/mol. The quantitative estimate of drug-likeness (QED) is 0.631. The predicted octanol–water partition coefficient (Wildman–Crippen LogP) is 1.92. The number of carbonyl (C=O) groups excluding carboxylic acids is 1. The maximum atomic E-state index is 12.7. The van der Waals surface area contributed by atoms with Gasteiger partial charge in [0.2, 0.25) is 15.9 Å². The minimum Gasteiger partial charge on any atom is -0.337 e. The van der Waals surface area contributed by atoms with Crippen molar-refractivity contribution in [2.75, 3.05) is 26.7 Å². The third-order valence-electron chi connectivity index (χ3n) is 3.90. The highest BCUT2D eigenvalue weighted by Crippen LogP contribution is 2.13. The van der Waals surface area contributed by atoms with Crippen molar-refractivity contribution in [3.8, 4) is 0 Å². The Morgan fingerprint density at radius 3 is 2.36 bits per heavy atom. The molecule has 0 unspecified atom stereocenters. The van der Waals surface area contributed by atoms with E-state index in [4.69, 9.17) is 5.73 Å². The molecule has 0 saturated heterocycles. The predicted molar refractivity (Wildman–Crippen MR) is 114 cm³/mol. The fourth-order valence-electron chi connectivity index (χ4n) is 2.43. The molecule has 1 aromatic heterocycles. The number of likely N-dealkylation sites (N-methyl/N-ethyl adjacent to an activating group) is 1. The average molecular weight is 449 g/mol. The van der Waals surface area contributed by atoms with Crippen molar-refractivity contribution >= 4 is 40.7 Å². The maximum absolute atomic E-state index is 12.7. The van der Waals surface area contributed by atoms with Crippen molar-refractivity contribution in [1.29, 1.82) is 0 Å². The second kappa shape index (κ2) is 12.7. The molecular weight excluding hydrogens is 423 g/mol. The van der Waals surface area contributed by atoms with E-state index < -0.39 is 10.0 Å². The summed E-state index contributed by atoms with van der Waals surface area (Å²) in [5.74, 6) is -0.266. The number of halogens is 2. The number of sulfonamides is 1. The van der Waals surface area contributed by atoms with Gasteiger partial charge in [0.15, 0.2) is 0 Å². The van der Waals surface area contributed by atoms with Gasteiger partial charge < -0.3 is 10.6 Å². The standard InChI is InChI=1S/C18H24N4O3S.2ClH/c1-21(26(24,25)17-9-5-11-20-13-17)15-18(23)22(12-6-10-19)14-16-7-3-2-4-8-16;;/h2-5,7-9,11,13H,6,10,12,14-15,19H2,1H3;2*1H. The topological polar surface area (TPSA) is 96.6 Å². The first-order valence-electron chi connectivity index (χ1n) is 8.33. The van der Waals surface area contributed by atoms with Crippen LogP contribution in [0.2, 0.25) is 0 Å². The first-order valence-corrected chi connectivity index (χ1v) is 9.77. The Bertz CT molecular complexity index is 808. The number of hydrogen-bond donors (Lipinski definition) is 1. The largest absolute Gasteiger partial charge is 0.337 e. The molecule has 0 aliphatic rings. The van der Waals surface area contributed by atoms with Gasteiger partial charge in [-0.1, -0.05) is 30.3 Å². The van der Waals surface area contributed by atoms with Crippen LogP contribution in [0.25, 0.3) is 0 Å². The average Bonchev–Trinajstić information content (AvgIpc) is 2.66. The molecule has 0 bridgehead atoms. The highest BCUT2D eigenvalue weighted by molar-refractivity contribution is 7.89. The number of carbonyl (C=O) groups is 1. The van der Waals surface area contributed by atoms with Gasteiger partial charge in [0, 0.05) is 32.5 Å². The van der Waals surface area contributed by atoms with Crippen LogP contribution in [0.3, 0.4) is 0 Å². The van der Waals surface area contributed by atoms with Crippen molar-refractivity contribution in [3.63, 3.8) is 0 Å². The van der Waals surface area contributed by atoms with Crippen molar-refractivity contribution in [1.82, 2.24) is 14.2 Å². The molecule has 10 heteroatoms. The molecule has 0 fully saturated rings. The van der Waals surface area contributed by atoms with Crippen LogP contribution in [0, 0.1) is 0 Å². The lowest BCUT2D eigenvalue weighted by molar-refractivity contribution is -0.131. The van der Waals surface area contributed by atoms with Crippen LogP contribution in [0.15, 0.2) is 59.8 Å². The Balaban J connectivity index is 0.00000364. The Morgan fingerprint density at radius 1 is 1.11 bits per heavy atom. The molecule has 2 rings (SSSR count). The van der Waals surface area contributed by atoms with Crippen LogP contribution in [-0.4, -0.2) is 55.2 Å². The third kappa shape index (κ3) is 7.37. The maximum Gasteiger partial charge on any atom is 0.244 e. The zero-order valence-electron chi connectivity index (χ0n) is 15.6. The molecular formula is C18H26Cl2N4O3S. The van der Waals surface area contributed by atoms with Gasteiger partial charge in [-0.15, -0.1) is 24.8 Å². The van der Waals surface area contributed by atoms with E-state index in [9.17, 15) is 13.2 Å². The van der Waals surface area contributed by atoms with E-state index in [1.165, 1.54) is 25.5 Å². The van der Waals surface area contributed by atoms with Gasteiger partial charge in [-0.05, 0) is 30.7 Å². The summed E-state index contributed by atoms with van der Waals surface area (Å²) in [5, 5.41) is 0. The summed E-state index contributed by atoms with van der Waals surface area (Å²) in [6.07, 6.45) is 3.42. The van der Waals surface area contributed by atoms with E-state index in [1.807, 2.05) is 30.3 Å². The lowest BCUT2D eigenvalue weighted by atomic mass is 10.2. The van der Waals surface area contributed by atoms with Gasteiger partial charge >= 0.3 is 0 Å². The van der Waals surface area contributed by atoms with E-state index in [0.29, 0.717) is 26.1 Å². The molecule has 1 heterocycles. The van der Waals surface area contributed by atoms with Crippen LogP contribution < -0.4 is 5.73 Å². The van der Waals surface area contributed by atoms with Gasteiger partial charge in [0.05, 0.1) is 6.54 Å². The number of rotatable bonds is 9. The van der Waals surface area contributed by atoms with Gasteiger partial charge in [0.1, 0.15) is 4.90 Å². The number of benzene rings is 1. The highest BCUT2D eigenvalue weighted by Gasteiger charge is 2.25. The molecule has 1 amide bonds. The van der Waals surface area contributed by atoms with Crippen LogP contribution >= 0.6 is 24.8 Å². The Kier molecular flexibility index (Phi) is 11.9. The molecule has 156 valence electrons. The summed E-state index contributed by atoms with van der Waals surface area (Å²) >= 11 is 0. The summed E-state index contributed by atoms with van der Waals surface area (Å²) in [7, 11) is -2.37. The minimum absolute atomic E-state index is 0. The van der Waals surface area contributed by atoms with Crippen LogP contribution in [0.5, 0.6) is 0 Å². The molecule has 0 saturated carbocycles. The smallest absolute Gasteiger partial charge is 0.244 e. The van der Waals surface area contributed by atoms with E-state index >= 15 is 0 Å². The fourth-order valence-corrected chi connectivity index (χ4v) is 3.52. The minimum atomic E-state index is -3.76. The number of nitrogens with zero attached hydrogens (tertiary/aromatic N) is 3. The fraction of sp³-hybridized carbons (Fsp3) is 0.333. The van der Waals surface area contributed by atoms with Gasteiger partial charge in [0.25, 0.3) is 0 Å². The Labute approximate surface area is 178 Å². The van der Waals surface area contributed by atoms with Crippen molar-refractivity contribution in [2.24, 2.45) is 5.73 Å². The highest BCUT2D eigenvalue weighted by atomic mass is 35.5. The number of aromatic nitrogens is 1. The molecule has 0 radical (unpaired) electrons. The lowest BCUT2D eigenvalue weighted by Gasteiger charge is -2.25. The zero-order chi connectivity index (χ0) is 19.0. The first kappa shape index (κ1) is 26.3. The molecule has 2 aromatic rings. The Hall–Kier alpha value is -1.71. The normalized spacial score (nSPS) is 10.7. The van der Waals surface area contributed by atoms with E-state index in [-0.39, 0.29) is 42.2 Å². The molecule has 2 N–H and O–H groups in total. The molecule has 7 nitrogen and oxygen atoms in total. The van der Waals surface area contributed by atoms with Crippen molar-refractivity contribution < 1.29 is 13.2 Å². The number of hydrogen-bond acceptors (Lipinski definition) is 5. The molecule has 0 atom stereocenters. The van der Waals surface area contributed by atoms with Crippen molar-refractivity contribution in [2.45, 2.75) is 17.9 Å². The second-order valence-corrected chi connectivity index (χ2v) is 7.94.